The van der Waals surface area contributed by atoms with Crippen LogP contribution in [0.1, 0.15) is 51.0 Å². The van der Waals surface area contributed by atoms with Crippen molar-refractivity contribution in [1.82, 2.24) is 5.32 Å². The third-order valence-electron chi connectivity index (χ3n) is 3.42. The molecule has 0 unspecified atom stereocenters. The number of nitrogens with one attached hydrogen (secondary N) is 1. The van der Waals surface area contributed by atoms with Crippen molar-refractivity contribution >= 4 is 11.9 Å². The van der Waals surface area contributed by atoms with Crippen LogP contribution in [-0.2, 0) is 16.0 Å². The van der Waals surface area contributed by atoms with Gasteiger partial charge in [-0.25, -0.2) is 4.79 Å². The van der Waals surface area contributed by atoms with E-state index < -0.39 is 12.0 Å². The number of carboxylic acid groups (broad SMARTS) is 1. The van der Waals surface area contributed by atoms with E-state index in [-0.39, 0.29) is 5.91 Å². The number of carboxylic acids is 1. The zero-order valence-electron chi connectivity index (χ0n) is 12.7. The Morgan fingerprint density at radius 2 is 1.76 bits per heavy atom. The summed E-state index contributed by atoms with van der Waals surface area (Å²) in [5.74, 6) is -1.16. The number of benzene rings is 1. The lowest BCUT2D eigenvalue weighted by Crippen LogP contribution is -2.42. The molecule has 1 amide bonds. The van der Waals surface area contributed by atoms with Crippen LogP contribution in [0.25, 0.3) is 0 Å². The fourth-order valence-corrected chi connectivity index (χ4v) is 2.21. The number of carbonyl (C=O) groups is 2. The quantitative estimate of drug-likeness (QED) is 0.651. The Labute approximate surface area is 126 Å². The van der Waals surface area contributed by atoms with Crippen LogP contribution in [0.4, 0.5) is 0 Å². The summed E-state index contributed by atoms with van der Waals surface area (Å²) in [7, 11) is 0. The molecule has 1 aromatic carbocycles. The first-order valence-corrected chi connectivity index (χ1v) is 7.69. The van der Waals surface area contributed by atoms with Crippen LogP contribution in [0.5, 0.6) is 0 Å². The fraction of sp³-hybridized carbons (Fsp3) is 0.529. The van der Waals surface area contributed by atoms with Gasteiger partial charge in [0, 0.05) is 12.8 Å². The van der Waals surface area contributed by atoms with Crippen molar-refractivity contribution in [2.45, 2.75) is 57.9 Å². The van der Waals surface area contributed by atoms with Gasteiger partial charge in [0.05, 0.1) is 0 Å². The van der Waals surface area contributed by atoms with Crippen molar-refractivity contribution < 1.29 is 14.7 Å². The predicted molar refractivity (Wildman–Crippen MR) is 83.1 cm³/mol. The summed E-state index contributed by atoms with van der Waals surface area (Å²) in [6, 6.07) is 8.50. The average molecular weight is 291 g/mol. The highest BCUT2D eigenvalue weighted by Gasteiger charge is 2.19. The van der Waals surface area contributed by atoms with Gasteiger partial charge in [0.25, 0.3) is 0 Å². The summed E-state index contributed by atoms with van der Waals surface area (Å²) in [6.45, 7) is 2.15. The lowest BCUT2D eigenvalue weighted by molar-refractivity contribution is -0.141. The number of rotatable bonds is 10. The van der Waals surface area contributed by atoms with Gasteiger partial charge < -0.3 is 10.4 Å². The standard InChI is InChI=1S/C17H25NO3/c1-2-3-4-5-9-12-16(19)18-15(17(20)21)13-14-10-7-6-8-11-14/h6-8,10-11,15H,2-5,9,12-13H2,1H3,(H,18,19)(H,20,21)/t15-/m0/s1. The number of amides is 1. The van der Waals surface area contributed by atoms with Crippen molar-refractivity contribution in [3.8, 4) is 0 Å². The van der Waals surface area contributed by atoms with Gasteiger partial charge in [0.1, 0.15) is 6.04 Å². The minimum atomic E-state index is -0.988. The van der Waals surface area contributed by atoms with Gasteiger partial charge in [-0.15, -0.1) is 0 Å². The second-order valence-electron chi connectivity index (χ2n) is 5.31. The molecule has 0 aliphatic carbocycles. The molecule has 0 heterocycles. The van der Waals surface area contributed by atoms with Crippen molar-refractivity contribution in [3.63, 3.8) is 0 Å². The summed E-state index contributed by atoms with van der Waals surface area (Å²) < 4.78 is 0. The average Bonchev–Trinajstić information content (AvgIpc) is 2.47. The maximum Gasteiger partial charge on any atom is 0.326 e. The summed E-state index contributed by atoms with van der Waals surface area (Å²) in [5.41, 5.74) is 0.910. The molecule has 4 nitrogen and oxygen atoms in total. The molecule has 0 aliphatic rings. The normalized spacial score (nSPS) is 11.9. The Morgan fingerprint density at radius 3 is 2.38 bits per heavy atom. The SMILES string of the molecule is CCCCCCCC(=O)N[C@@H](Cc1ccccc1)C(=O)O. The summed E-state index contributed by atoms with van der Waals surface area (Å²) in [6.07, 6.45) is 6.06. The van der Waals surface area contributed by atoms with Gasteiger partial charge >= 0.3 is 5.97 Å². The van der Waals surface area contributed by atoms with Crippen molar-refractivity contribution in [2.24, 2.45) is 0 Å². The smallest absolute Gasteiger partial charge is 0.326 e. The van der Waals surface area contributed by atoms with E-state index in [1.165, 1.54) is 12.8 Å². The number of hydrogen-bond donors (Lipinski definition) is 2. The molecule has 2 N–H and O–H groups in total. The Bertz CT molecular complexity index is 431. The third-order valence-corrected chi connectivity index (χ3v) is 3.42. The Hall–Kier alpha value is -1.84. The Kier molecular flexibility index (Phi) is 8.17. The molecule has 0 aliphatic heterocycles. The van der Waals surface area contributed by atoms with Gasteiger partial charge in [0.2, 0.25) is 5.91 Å². The molecule has 0 radical (unpaired) electrons. The molecule has 4 heteroatoms. The second-order valence-corrected chi connectivity index (χ2v) is 5.31. The molecule has 0 spiro atoms. The largest absolute Gasteiger partial charge is 0.480 e. The summed E-state index contributed by atoms with van der Waals surface area (Å²) >= 11 is 0. The van der Waals surface area contributed by atoms with Crippen LogP contribution in [-0.4, -0.2) is 23.0 Å². The molecule has 1 aromatic rings. The maximum atomic E-state index is 11.8. The van der Waals surface area contributed by atoms with Crippen LogP contribution in [0.15, 0.2) is 30.3 Å². The molecule has 1 rings (SSSR count). The van der Waals surface area contributed by atoms with E-state index in [1.807, 2.05) is 30.3 Å². The second kappa shape index (κ2) is 9.97. The molecule has 21 heavy (non-hydrogen) atoms. The molecular formula is C17H25NO3. The molecule has 0 aromatic heterocycles. The maximum absolute atomic E-state index is 11.8. The third kappa shape index (κ3) is 7.49. The lowest BCUT2D eigenvalue weighted by Gasteiger charge is -2.14. The molecule has 1 atom stereocenters. The highest BCUT2D eigenvalue weighted by atomic mass is 16.4. The van der Waals surface area contributed by atoms with Gasteiger partial charge in [-0.05, 0) is 12.0 Å². The van der Waals surface area contributed by atoms with Crippen LogP contribution in [0.2, 0.25) is 0 Å². The number of carbonyl (C=O) groups excluding carboxylic acids is 1. The zero-order chi connectivity index (χ0) is 15.5. The van der Waals surface area contributed by atoms with Crippen molar-refractivity contribution in [2.75, 3.05) is 0 Å². The highest BCUT2D eigenvalue weighted by molar-refractivity contribution is 5.83. The van der Waals surface area contributed by atoms with E-state index in [0.717, 1.165) is 24.8 Å². The lowest BCUT2D eigenvalue weighted by atomic mass is 10.1. The number of hydrogen-bond acceptors (Lipinski definition) is 2. The molecule has 0 bridgehead atoms. The monoisotopic (exact) mass is 291 g/mol. The van der Waals surface area contributed by atoms with Crippen LogP contribution >= 0.6 is 0 Å². The number of unbranched alkanes of at least 4 members (excludes halogenated alkanes) is 4. The van der Waals surface area contributed by atoms with Crippen molar-refractivity contribution in [3.05, 3.63) is 35.9 Å². The van der Waals surface area contributed by atoms with Gasteiger partial charge in [-0.2, -0.15) is 0 Å². The Morgan fingerprint density at radius 1 is 1.10 bits per heavy atom. The predicted octanol–water partition coefficient (Wildman–Crippen LogP) is 3.16. The van der Waals surface area contributed by atoms with Gasteiger partial charge in [0.15, 0.2) is 0 Å². The first-order valence-electron chi connectivity index (χ1n) is 7.69. The molecular weight excluding hydrogens is 266 g/mol. The van der Waals surface area contributed by atoms with Crippen LogP contribution < -0.4 is 5.32 Å². The van der Waals surface area contributed by atoms with Crippen LogP contribution in [0, 0.1) is 0 Å². The zero-order valence-corrected chi connectivity index (χ0v) is 12.7. The van der Waals surface area contributed by atoms with Crippen LogP contribution in [0.3, 0.4) is 0 Å². The van der Waals surface area contributed by atoms with Crippen molar-refractivity contribution in [1.29, 1.82) is 0 Å². The Balaban J connectivity index is 2.36. The molecule has 0 saturated heterocycles. The van der Waals surface area contributed by atoms with E-state index in [0.29, 0.717) is 12.8 Å². The topological polar surface area (TPSA) is 66.4 Å². The highest BCUT2D eigenvalue weighted by Crippen LogP contribution is 2.07. The van der Waals surface area contributed by atoms with Gasteiger partial charge in [-0.1, -0.05) is 62.9 Å². The molecule has 116 valence electrons. The minimum Gasteiger partial charge on any atom is -0.480 e. The van der Waals surface area contributed by atoms with E-state index in [9.17, 15) is 14.7 Å². The minimum absolute atomic E-state index is 0.171. The van der Waals surface area contributed by atoms with E-state index in [2.05, 4.69) is 12.2 Å². The van der Waals surface area contributed by atoms with E-state index >= 15 is 0 Å². The summed E-state index contributed by atoms with van der Waals surface area (Å²) in [5, 5.41) is 11.8. The molecule has 0 saturated carbocycles. The first kappa shape index (κ1) is 17.2. The summed E-state index contributed by atoms with van der Waals surface area (Å²) in [4.78, 5) is 23.0. The number of aliphatic carboxylic acids is 1. The fourth-order valence-electron chi connectivity index (χ4n) is 2.21. The molecule has 0 fully saturated rings. The first-order chi connectivity index (χ1) is 10.1. The van der Waals surface area contributed by atoms with E-state index in [4.69, 9.17) is 0 Å². The van der Waals surface area contributed by atoms with Gasteiger partial charge in [-0.3, -0.25) is 4.79 Å². The van der Waals surface area contributed by atoms with E-state index in [1.54, 1.807) is 0 Å².